The number of carbonyl (C=O) groups excluding carboxylic acids is 2. The van der Waals surface area contributed by atoms with E-state index in [9.17, 15) is 9.59 Å². The standard InChI is InChI=1S/C18H20N2O5S/c1-4-5-15-19-13-7-6-11(8-14(13)26-15)20-10-25-9-12(17(21)23-2)16(20)18(22)24-3/h6-8H,4-5,9-10H2,1-3H3. The van der Waals surface area contributed by atoms with Gasteiger partial charge in [0.2, 0.25) is 0 Å². The fourth-order valence-corrected chi connectivity index (χ4v) is 3.90. The minimum atomic E-state index is -0.612. The smallest absolute Gasteiger partial charge is 0.355 e. The average Bonchev–Trinajstić information content (AvgIpc) is 3.07. The van der Waals surface area contributed by atoms with Crippen LogP contribution in [-0.4, -0.2) is 44.5 Å². The van der Waals surface area contributed by atoms with E-state index in [0.29, 0.717) is 0 Å². The van der Waals surface area contributed by atoms with Crippen LogP contribution in [0.4, 0.5) is 5.69 Å². The van der Waals surface area contributed by atoms with Crippen molar-refractivity contribution in [2.45, 2.75) is 19.8 Å². The Morgan fingerprint density at radius 1 is 1.27 bits per heavy atom. The molecule has 1 aliphatic rings. The molecule has 26 heavy (non-hydrogen) atoms. The maximum Gasteiger partial charge on any atom is 0.355 e. The van der Waals surface area contributed by atoms with Gasteiger partial charge >= 0.3 is 11.9 Å². The van der Waals surface area contributed by atoms with Crippen molar-refractivity contribution >= 4 is 39.2 Å². The molecule has 2 aromatic rings. The number of methoxy groups -OCH3 is 2. The number of carbonyl (C=O) groups is 2. The second kappa shape index (κ2) is 7.84. The maximum absolute atomic E-state index is 12.3. The van der Waals surface area contributed by atoms with Crippen LogP contribution in [0.3, 0.4) is 0 Å². The van der Waals surface area contributed by atoms with Crippen molar-refractivity contribution in [3.8, 4) is 0 Å². The van der Waals surface area contributed by atoms with Gasteiger partial charge in [-0.3, -0.25) is 0 Å². The first-order valence-electron chi connectivity index (χ1n) is 8.23. The Balaban J connectivity index is 2.06. The third kappa shape index (κ3) is 3.42. The fourth-order valence-electron chi connectivity index (χ4n) is 2.80. The van der Waals surface area contributed by atoms with E-state index >= 15 is 0 Å². The molecule has 0 saturated carbocycles. The third-order valence-corrected chi connectivity index (χ3v) is 5.10. The molecule has 138 valence electrons. The molecule has 7 nitrogen and oxygen atoms in total. The summed E-state index contributed by atoms with van der Waals surface area (Å²) in [5.41, 5.74) is 1.92. The van der Waals surface area contributed by atoms with E-state index in [0.717, 1.165) is 33.8 Å². The van der Waals surface area contributed by atoms with Gasteiger partial charge in [-0.2, -0.15) is 0 Å². The molecule has 8 heteroatoms. The summed E-state index contributed by atoms with van der Waals surface area (Å²) in [7, 11) is 2.54. The van der Waals surface area contributed by atoms with Crippen molar-refractivity contribution in [3.63, 3.8) is 0 Å². The van der Waals surface area contributed by atoms with Gasteiger partial charge in [-0.05, 0) is 31.0 Å². The second-order valence-corrected chi connectivity index (χ2v) is 6.84. The van der Waals surface area contributed by atoms with Gasteiger partial charge in [0, 0.05) is 5.69 Å². The van der Waals surface area contributed by atoms with E-state index in [-0.39, 0.29) is 24.6 Å². The van der Waals surface area contributed by atoms with Crippen LogP contribution in [0, 0.1) is 0 Å². The SMILES string of the molecule is CCCc1nc2ccc(N3COCC(C(=O)OC)=C3C(=O)OC)cc2s1. The zero-order valence-electron chi connectivity index (χ0n) is 14.9. The van der Waals surface area contributed by atoms with Crippen LogP contribution < -0.4 is 4.90 Å². The summed E-state index contributed by atoms with van der Waals surface area (Å²) in [4.78, 5) is 30.6. The van der Waals surface area contributed by atoms with Gasteiger partial charge in [0.05, 0.1) is 41.6 Å². The molecular formula is C18H20N2O5S. The lowest BCUT2D eigenvalue weighted by atomic mass is 10.1. The normalized spacial score (nSPS) is 14.7. The Labute approximate surface area is 155 Å². The Morgan fingerprint density at radius 2 is 2.04 bits per heavy atom. The van der Waals surface area contributed by atoms with Gasteiger partial charge in [-0.1, -0.05) is 6.92 Å². The summed E-state index contributed by atoms with van der Waals surface area (Å²) in [6.07, 6.45) is 1.96. The van der Waals surface area contributed by atoms with E-state index < -0.39 is 11.9 Å². The summed E-state index contributed by atoms with van der Waals surface area (Å²) < 4.78 is 16.2. The Morgan fingerprint density at radius 3 is 2.73 bits per heavy atom. The predicted molar refractivity (Wildman–Crippen MR) is 98.0 cm³/mol. The number of anilines is 1. The second-order valence-electron chi connectivity index (χ2n) is 5.73. The largest absolute Gasteiger partial charge is 0.466 e. The van der Waals surface area contributed by atoms with Crippen LogP contribution in [0.2, 0.25) is 0 Å². The van der Waals surface area contributed by atoms with E-state index in [4.69, 9.17) is 14.2 Å². The monoisotopic (exact) mass is 376 g/mol. The van der Waals surface area contributed by atoms with Crippen LogP contribution in [0.1, 0.15) is 18.4 Å². The molecular weight excluding hydrogens is 356 g/mol. The number of fused-ring (bicyclic) bond motifs is 1. The lowest BCUT2D eigenvalue weighted by Crippen LogP contribution is -2.38. The number of aromatic nitrogens is 1. The van der Waals surface area contributed by atoms with E-state index in [1.165, 1.54) is 14.2 Å². The number of benzene rings is 1. The minimum Gasteiger partial charge on any atom is -0.466 e. The summed E-state index contributed by atoms with van der Waals surface area (Å²) in [5.74, 6) is -1.22. The summed E-state index contributed by atoms with van der Waals surface area (Å²) >= 11 is 1.62. The van der Waals surface area contributed by atoms with Crippen LogP contribution in [0.15, 0.2) is 29.5 Å². The highest BCUT2D eigenvalue weighted by atomic mass is 32.1. The Kier molecular flexibility index (Phi) is 5.53. The molecule has 0 aliphatic carbocycles. The molecule has 0 amide bonds. The first kappa shape index (κ1) is 18.3. The Hall–Kier alpha value is -2.45. The number of hydrogen-bond acceptors (Lipinski definition) is 8. The molecule has 0 fully saturated rings. The van der Waals surface area contributed by atoms with E-state index in [2.05, 4.69) is 11.9 Å². The molecule has 0 atom stereocenters. The number of nitrogens with zero attached hydrogens (tertiary/aromatic N) is 2. The molecule has 2 heterocycles. The number of rotatable bonds is 5. The van der Waals surface area contributed by atoms with Gasteiger partial charge < -0.3 is 19.1 Å². The lowest BCUT2D eigenvalue weighted by molar-refractivity contribution is -0.140. The quantitative estimate of drug-likeness (QED) is 0.742. The van der Waals surface area contributed by atoms with Crippen LogP contribution >= 0.6 is 11.3 Å². The predicted octanol–water partition coefficient (Wildman–Crippen LogP) is 2.64. The molecule has 1 aromatic carbocycles. The van der Waals surface area contributed by atoms with Crippen LogP contribution in [0.25, 0.3) is 10.2 Å². The maximum atomic E-state index is 12.3. The zero-order chi connectivity index (χ0) is 18.7. The summed E-state index contributed by atoms with van der Waals surface area (Å²) in [6.45, 7) is 2.25. The van der Waals surface area contributed by atoms with Gasteiger partial charge in [-0.25, -0.2) is 14.6 Å². The Bertz CT molecular complexity index is 874. The number of aryl methyl sites for hydroxylation is 1. The van der Waals surface area contributed by atoms with Crippen LogP contribution in [0.5, 0.6) is 0 Å². The van der Waals surface area contributed by atoms with Crippen molar-refractivity contribution in [1.29, 1.82) is 0 Å². The van der Waals surface area contributed by atoms with E-state index in [1.54, 1.807) is 16.2 Å². The highest BCUT2D eigenvalue weighted by Crippen LogP contribution is 2.31. The third-order valence-electron chi connectivity index (χ3n) is 4.02. The van der Waals surface area contributed by atoms with Crippen molar-refractivity contribution in [3.05, 3.63) is 34.5 Å². The van der Waals surface area contributed by atoms with Gasteiger partial charge in [0.1, 0.15) is 12.4 Å². The molecule has 0 saturated heterocycles. The highest BCUT2D eigenvalue weighted by molar-refractivity contribution is 7.18. The molecule has 0 N–H and O–H groups in total. The van der Waals surface area contributed by atoms with Gasteiger partial charge in [0.25, 0.3) is 0 Å². The number of hydrogen-bond donors (Lipinski definition) is 0. The highest BCUT2D eigenvalue weighted by Gasteiger charge is 2.32. The molecule has 1 aliphatic heterocycles. The van der Waals surface area contributed by atoms with Gasteiger partial charge in [-0.15, -0.1) is 11.3 Å². The number of thiazole rings is 1. The van der Waals surface area contributed by atoms with Crippen molar-refractivity contribution < 1.29 is 23.8 Å². The van der Waals surface area contributed by atoms with Crippen LogP contribution in [-0.2, 0) is 30.2 Å². The van der Waals surface area contributed by atoms with E-state index in [1.807, 2.05) is 18.2 Å². The summed E-state index contributed by atoms with van der Waals surface area (Å²) in [6, 6.07) is 5.70. The molecule has 0 spiro atoms. The van der Waals surface area contributed by atoms with Crippen molar-refractivity contribution in [1.82, 2.24) is 4.98 Å². The van der Waals surface area contributed by atoms with Crippen molar-refractivity contribution in [2.24, 2.45) is 0 Å². The lowest BCUT2D eigenvalue weighted by Gasteiger charge is -2.31. The minimum absolute atomic E-state index is 0.00292. The molecule has 0 unspecified atom stereocenters. The first-order valence-corrected chi connectivity index (χ1v) is 9.05. The molecule has 1 aromatic heterocycles. The molecule has 3 rings (SSSR count). The molecule has 0 radical (unpaired) electrons. The fraction of sp³-hybridized carbons (Fsp3) is 0.389. The first-order chi connectivity index (χ1) is 12.6. The summed E-state index contributed by atoms with van der Waals surface area (Å²) in [5, 5.41) is 1.08. The van der Waals surface area contributed by atoms with Gasteiger partial charge in [0.15, 0.2) is 0 Å². The van der Waals surface area contributed by atoms with Crippen molar-refractivity contribution in [2.75, 3.05) is 32.5 Å². The number of esters is 2. The number of ether oxygens (including phenoxy) is 3. The zero-order valence-corrected chi connectivity index (χ0v) is 15.7. The topological polar surface area (TPSA) is 78.0 Å². The molecule has 0 bridgehead atoms. The average molecular weight is 376 g/mol.